The molecule has 0 spiro atoms. The summed E-state index contributed by atoms with van der Waals surface area (Å²) in [5.74, 6) is 3.09. The van der Waals surface area contributed by atoms with Crippen LogP contribution in [-0.2, 0) is 4.74 Å². The SMILES string of the molecule is COCC1CCN(c2ccc(-c3nc(C(C)C)no3)cn2)C1. The smallest absolute Gasteiger partial charge is 0.259 e. The average molecular weight is 302 g/mol. The van der Waals surface area contributed by atoms with Gasteiger partial charge in [0.1, 0.15) is 5.82 Å². The van der Waals surface area contributed by atoms with E-state index in [-0.39, 0.29) is 5.92 Å². The van der Waals surface area contributed by atoms with E-state index in [0.29, 0.717) is 11.8 Å². The standard InChI is InChI=1S/C16H22N4O2/c1-11(2)15-18-16(22-19-15)13-4-5-14(17-8-13)20-7-6-12(9-20)10-21-3/h4-5,8,11-12H,6-7,9-10H2,1-3H3. The molecule has 0 aliphatic carbocycles. The van der Waals surface area contributed by atoms with E-state index in [1.54, 1.807) is 13.3 Å². The zero-order valence-corrected chi connectivity index (χ0v) is 13.3. The molecule has 2 aromatic heterocycles. The third-order valence-electron chi connectivity index (χ3n) is 3.97. The molecule has 0 radical (unpaired) electrons. The van der Waals surface area contributed by atoms with Crippen molar-refractivity contribution >= 4 is 5.82 Å². The summed E-state index contributed by atoms with van der Waals surface area (Å²) in [4.78, 5) is 11.2. The van der Waals surface area contributed by atoms with E-state index in [4.69, 9.17) is 9.26 Å². The van der Waals surface area contributed by atoms with Crippen molar-refractivity contribution < 1.29 is 9.26 Å². The van der Waals surface area contributed by atoms with E-state index in [2.05, 4.69) is 20.0 Å². The molecule has 1 fully saturated rings. The molecule has 118 valence electrons. The first-order valence-corrected chi connectivity index (χ1v) is 7.71. The highest BCUT2D eigenvalue weighted by atomic mass is 16.5. The largest absolute Gasteiger partial charge is 0.384 e. The quantitative estimate of drug-likeness (QED) is 0.846. The molecule has 1 saturated heterocycles. The summed E-state index contributed by atoms with van der Waals surface area (Å²) in [6, 6.07) is 4.01. The summed E-state index contributed by atoms with van der Waals surface area (Å²) in [6.45, 7) is 6.92. The molecule has 2 aromatic rings. The molecule has 0 amide bonds. The van der Waals surface area contributed by atoms with Crippen molar-refractivity contribution in [3.05, 3.63) is 24.2 Å². The molecule has 1 aliphatic heterocycles. The Bertz CT molecular complexity index is 609. The van der Waals surface area contributed by atoms with Crippen molar-refractivity contribution in [3.63, 3.8) is 0 Å². The van der Waals surface area contributed by atoms with E-state index < -0.39 is 0 Å². The molecule has 0 N–H and O–H groups in total. The Hall–Kier alpha value is -1.95. The highest BCUT2D eigenvalue weighted by molar-refractivity contribution is 5.55. The van der Waals surface area contributed by atoms with Gasteiger partial charge in [0.2, 0.25) is 0 Å². The number of methoxy groups -OCH3 is 1. The van der Waals surface area contributed by atoms with Gasteiger partial charge in [-0.1, -0.05) is 19.0 Å². The first-order valence-electron chi connectivity index (χ1n) is 7.71. The number of nitrogens with zero attached hydrogens (tertiary/aromatic N) is 4. The lowest BCUT2D eigenvalue weighted by Gasteiger charge is -2.17. The number of ether oxygens (including phenoxy) is 1. The van der Waals surface area contributed by atoms with Gasteiger partial charge in [0.05, 0.1) is 12.2 Å². The summed E-state index contributed by atoms with van der Waals surface area (Å²) in [5.41, 5.74) is 0.857. The van der Waals surface area contributed by atoms with E-state index in [0.717, 1.165) is 43.3 Å². The summed E-state index contributed by atoms with van der Waals surface area (Å²) >= 11 is 0. The van der Waals surface area contributed by atoms with Gasteiger partial charge in [0, 0.05) is 38.2 Å². The average Bonchev–Trinajstić information content (AvgIpc) is 3.17. The van der Waals surface area contributed by atoms with E-state index in [9.17, 15) is 0 Å². The van der Waals surface area contributed by atoms with Gasteiger partial charge in [0.15, 0.2) is 5.82 Å². The van der Waals surface area contributed by atoms with Crippen LogP contribution < -0.4 is 4.90 Å². The van der Waals surface area contributed by atoms with E-state index in [1.807, 2.05) is 26.0 Å². The normalized spacial score (nSPS) is 18.4. The van der Waals surface area contributed by atoms with Crippen LogP contribution in [0.4, 0.5) is 5.82 Å². The van der Waals surface area contributed by atoms with Crippen molar-refractivity contribution in [3.8, 4) is 11.5 Å². The molecule has 6 heteroatoms. The number of hydrogen-bond acceptors (Lipinski definition) is 6. The maximum Gasteiger partial charge on any atom is 0.259 e. The van der Waals surface area contributed by atoms with Gasteiger partial charge in [0.25, 0.3) is 5.89 Å². The Morgan fingerprint density at radius 2 is 2.27 bits per heavy atom. The summed E-state index contributed by atoms with van der Waals surface area (Å²) in [7, 11) is 1.76. The number of anilines is 1. The minimum absolute atomic E-state index is 0.257. The van der Waals surface area contributed by atoms with Crippen LogP contribution in [0.2, 0.25) is 0 Å². The topological polar surface area (TPSA) is 64.3 Å². The van der Waals surface area contributed by atoms with Gasteiger partial charge in [-0.15, -0.1) is 0 Å². The molecule has 22 heavy (non-hydrogen) atoms. The maximum atomic E-state index is 5.30. The predicted octanol–water partition coefficient (Wildman–Crippen LogP) is 2.73. The number of hydrogen-bond donors (Lipinski definition) is 0. The summed E-state index contributed by atoms with van der Waals surface area (Å²) in [6.07, 6.45) is 2.95. The van der Waals surface area contributed by atoms with Crippen LogP contribution in [-0.4, -0.2) is 41.9 Å². The van der Waals surface area contributed by atoms with Gasteiger partial charge in [-0.2, -0.15) is 4.98 Å². The molecule has 1 aliphatic rings. The molecule has 1 atom stereocenters. The molecular weight excluding hydrogens is 280 g/mol. The fourth-order valence-electron chi connectivity index (χ4n) is 2.70. The first kappa shape index (κ1) is 15.0. The van der Waals surface area contributed by atoms with Crippen LogP contribution in [0.5, 0.6) is 0 Å². The second-order valence-corrected chi connectivity index (χ2v) is 6.07. The Labute approximate surface area is 130 Å². The predicted molar refractivity (Wildman–Crippen MR) is 83.8 cm³/mol. The van der Waals surface area contributed by atoms with Crippen LogP contribution in [0.25, 0.3) is 11.5 Å². The second kappa shape index (κ2) is 6.44. The lowest BCUT2D eigenvalue weighted by molar-refractivity contribution is 0.161. The van der Waals surface area contributed by atoms with Crippen molar-refractivity contribution in [2.75, 3.05) is 31.7 Å². The van der Waals surface area contributed by atoms with Gasteiger partial charge in [-0.25, -0.2) is 4.98 Å². The minimum Gasteiger partial charge on any atom is -0.384 e. The molecule has 6 nitrogen and oxygen atoms in total. The molecule has 0 bridgehead atoms. The fraction of sp³-hybridized carbons (Fsp3) is 0.562. The van der Waals surface area contributed by atoms with Gasteiger partial charge < -0.3 is 14.2 Å². The minimum atomic E-state index is 0.257. The Morgan fingerprint density at radius 3 is 2.91 bits per heavy atom. The Morgan fingerprint density at radius 1 is 1.41 bits per heavy atom. The van der Waals surface area contributed by atoms with Crippen LogP contribution in [0.3, 0.4) is 0 Å². The lowest BCUT2D eigenvalue weighted by atomic mass is 10.1. The molecule has 0 aromatic carbocycles. The van der Waals surface area contributed by atoms with Crippen LogP contribution in [0.1, 0.15) is 32.0 Å². The number of rotatable bonds is 5. The van der Waals surface area contributed by atoms with E-state index in [1.165, 1.54) is 0 Å². The van der Waals surface area contributed by atoms with Crippen molar-refractivity contribution in [2.45, 2.75) is 26.2 Å². The zero-order valence-electron chi connectivity index (χ0n) is 13.3. The van der Waals surface area contributed by atoms with Gasteiger partial charge in [-0.3, -0.25) is 0 Å². The third kappa shape index (κ3) is 3.11. The highest BCUT2D eigenvalue weighted by Crippen LogP contribution is 2.25. The van der Waals surface area contributed by atoms with E-state index >= 15 is 0 Å². The fourth-order valence-corrected chi connectivity index (χ4v) is 2.70. The van der Waals surface area contributed by atoms with Crippen molar-refractivity contribution in [1.82, 2.24) is 15.1 Å². The van der Waals surface area contributed by atoms with Crippen LogP contribution in [0, 0.1) is 5.92 Å². The molecule has 1 unspecified atom stereocenters. The monoisotopic (exact) mass is 302 g/mol. The van der Waals surface area contributed by atoms with Crippen LogP contribution >= 0.6 is 0 Å². The Balaban J connectivity index is 1.70. The number of pyridine rings is 1. The van der Waals surface area contributed by atoms with Gasteiger partial charge >= 0.3 is 0 Å². The van der Waals surface area contributed by atoms with Crippen molar-refractivity contribution in [1.29, 1.82) is 0 Å². The second-order valence-electron chi connectivity index (χ2n) is 6.07. The molecule has 0 saturated carbocycles. The Kier molecular flexibility index (Phi) is 4.38. The lowest BCUT2D eigenvalue weighted by Crippen LogP contribution is -2.21. The molecule has 3 heterocycles. The summed E-state index contributed by atoms with van der Waals surface area (Å²) in [5, 5.41) is 3.98. The summed E-state index contributed by atoms with van der Waals surface area (Å²) < 4.78 is 10.5. The van der Waals surface area contributed by atoms with Gasteiger partial charge in [-0.05, 0) is 18.6 Å². The van der Waals surface area contributed by atoms with Crippen molar-refractivity contribution in [2.24, 2.45) is 5.92 Å². The highest BCUT2D eigenvalue weighted by Gasteiger charge is 2.23. The third-order valence-corrected chi connectivity index (χ3v) is 3.97. The molecule has 3 rings (SSSR count). The maximum absolute atomic E-state index is 5.30. The zero-order chi connectivity index (χ0) is 15.5. The molecular formula is C16H22N4O2. The first-order chi connectivity index (χ1) is 10.7. The number of aromatic nitrogens is 3. The van der Waals surface area contributed by atoms with Crippen LogP contribution in [0.15, 0.2) is 22.9 Å².